The number of fused-ring (bicyclic) bond motifs is 1. The third-order valence-electron chi connectivity index (χ3n) is 10.5. The third-order valence-corrected chi connectivity index (χ3v) is 10.5. The molecule has 8 nitrogen and oxygen atoms in total. The fourth-order valence-electron chi connectivity index (χ4n) is 8.96. The van der Waals surface area contributed by atoms with Gasteiger partial charge in [-0.2, -0.15) is 18.3 Å². The van der Waals surface area contributed by atoms with Crippen LogP contribution in [-0.4, -0.2) is 77.6 Å². The maximum atomic E-state index is 14.3. The Hall–Kier alpha value is -2.95. The van der Waals surface area contributed by atoms with Crippen molar-refractivity contribution in [3.05, 3.63) is 35.5 Å². The second-order valence-electron chi connectivity index (χ2n) is 12.9. The molecule has 4 saturated carbocycles. The summed E-state index contributed by atoms with van der Waals surface area (Å²) in [4.78, 5) is 17.9. The normalized spacial score (nSPS) is 32.9. The highest BCUT2D eigenvalue weighted by Gasteiger charge is 2.54. The van der Waals surface area contributed by atoms with Crippen LogP contribution in [0.1, 0.15) is 73.1 Å². The molecule has 2 aliphatic heterocycles. The van der Waals surface area contributed by atoms with Crippen LogP contribution in [0.15, 0.2) is 24.3 Å². The lowest BCUT2D eigenvalue weighted by molar-refractivity contribution is -0.173. The predicted octanol–water partition coefficient (Wildman–Crippen LogP) is 5.29. The monoisotopic (exact) mass is 573 g/mol. The summed E-state index contributed by atoms with van der Waals surface area (Å²) in [5.41, 5.74) is 0.983. The van der Waals surface area contributed by atoms with Crippen molar-refractivity contribution in [2.45, 2.75) is 68.7 Å². The average molecular weight is 574 g/mol. The number of halogens is 3. The van der Waals surface area contributed by atoms with Crippen molar-refractivity contribution in [2.75, 3.05) is 45.7 Å². The van der Waals surface area contributed by atoms with Gasteiger partial charge < -0.3 is 19.7 Å². The van der Waals surface area contributed by atoms with E-state index in [1.165, 1.54) is 58.8 Å². The van der Waals surface area contributed by atoms with E-state index in [4.69, 9.17) is 9.47 Å². The maximum absolute atomic E-state index is 14.3. The van der Waals surface area contributed by atoms with Gasteiger partial charge in [0.2, 0.25) is 0 Å². The topological polar surface area (TPSA) is 71.9 Å². The quantitative estimate of drug-likeness (QED) is 0.525. The van der Waals surface area contributed by atoms with Gasteiger partial charge in [0.05, 0.1) is 20.3 Å². The molecule has 5 fully saturated rings. The summed E-state index contributed by atoms with van der Waals surface area (Å²) >= 11 is 0. The number of alkyl halides is 3. The highest BCUT2D eigenvalue weighted by Crippen LogP contribution is 2.58. The molecule has 8 rings (SSSR count). The molecule has 0 radical (unpaired) electrons. The van der Waals surface area contributed by atoms with Crippen LogP contribution in [0.2, 0.25) is 0 Å². The van der Waals surface area contributed by atoms with Crippen LogP contribution >= 0.6 is 0 Å². The molecule has 3 heterocycles. The smallest absolute Gasteiger partial charge is 0.410 e. The van der Waals surface area contributed by atoms with Gasteiger partial charge in [-0.05, 0) is 74.0 Å². The van der Waals surface area contributed by atoms with Gasteiger partial charge in [0, 0.05) is 44.2 Å². The molecule has 0 spiro atoms. The summed E-state index contributed by atoms with van der Waals surface area (Å²) in [6.45, 7) is 2.78. The zero-order valence-corrected chi connectivity index (χ0v) is 23.6. The molecule has 41 heavy (non-hydrogen) atoms. The average Bonchev–Trinajstić information content (AvgIpc) is 3.39. The fourth-order valence-corrected chi connectivity index (χ4v) is 8.96. The van der Waals surface area contributed by atoms with Crippen LogP contribution in [0.3, 0.4) is 0 Å². The van der Waals surface area contributed by atoms with Gasteiger partial charge in [-0.25, -0.2) is 4.68 Å². The van der Waals surface area contributed by atoms with E-state index in [1.54, 1.807) is 23.1 Å². The van der Waals surface area contributed by atoms with E-state index in [-0.39, 0.29) is 23.8 Å². The van der Waals surface area contributed by atoms with Crippen molar-refractivity contribution >= 4 is 11.7 Å². The minimum atomic E-state index is -4.53. The van der Waals surface area contributed by atoms with Gasteiger partial charge in [0.25, 0.3) is 5.91 Å². The number of amides is 1. The standard InChI is InChI=1S/C30H38F3N5O3/c1-40-24-4-3-21(12-25(24)41-2)22-13-26(30(31,32)33)38-27(34-22)14-23(35-38)28(39)36-5-7-37(8-6-36)29-15-18-9-19(16-29)11-20(10-18)17-29/h3-4,12,14,18-20,22,26,34H,5-11,13,15-17H2,1-2H3/t18?,19?,20?,22-,26-,29?/m0/s1. The van der Waals surface area contributed by atoms with E-state index < -0.39 is 18.3 Å². The Labute approximate surface area is 238 Å². The second kappa shape index (κ2) is 9.81. The Morgan fingerprint density at radius 1 is 0.927 bits per heavy atom. The number of nitrogens with zero attached hydrogens (tertiary/aromatic N) is 4. The first kappa shape index (κ1) is 26.9. The van der Waals surface area contributed by atoms with Gasteiger partial charge in [0.1, 0.15) is 5.82 Å². The third kappa shape index (κ3) is 4.64. The first-order chi connectivity index (χ1) is 19.7. The Morgan fingerprint density at radius 2 is 1.56 bits per heavy atom. The number of piperazine rings is 1. The molecule has 2 atom stereocenters. The summed E-state index contributed by atoms with van der Waals surface area (Å²) in [5, 5.41) is 7.41. The molecule has 1 saturated heterocycles. The van der Waals surface area contributed by atoms with Crippen LogP contribution in [0.4, 0.5) is 19.0 Å². The largest absolute Gasteiger partial charge is 0.493 e. The van der Waals surface area contributed by atoms with Gasteiger partial charge in [-0.1, -0.05) is 6.07 Å². The predicted molar refractivity (Wildman–Crippen MR) is 146 cm³/mol. The lowest BCUT2D eigenvalue weighted by Crippen LogP contribution is -2.64. The Bertz CT molecular complexity index is 1280. The highest BCUT2D eigenvalue weighted by atomic mass is 19.4. The number of benzene rings is 1. The molecule has 4 bridgehead atoms. The van der Waals surface area contributed by atoms with Crippen molar-refractivity contribution < 1.29 is 27.4 Å². The molecule has 6 aliphatic rings. The number of carbonyl (C=O) groups is 1. The maximum Gasteiger partial charge on any atom is 0.410 e. The number of hydrogen-bond acceptors (Lipinski definition) is 6. The Morgan fingerprint density at radius 3 is 2.15 bits per heavy atom. The van der Waals surface area contributed by atoms with E-state index in [2.05, 4.69) is 15.3 Å². The molecule has 1 amide bonds. The molecule has 2 aromatic rings. The number of nitrogens with one attached hydrogen (secondary N) is 1. The van der Waals surface area contributed by atoms with E-state index in [0.29, 0.717) is 35.7 Å². The summed E-state index contributed by atoms with van der Waals surface area (Å²) in [7, 11) is 3.00. The number of aromatic nitrogens is 2. The number of anilines is 1. The first-order valence-electron chi connectivity index (χ1n) is 14.8. The SMILES string of the molecule is COc1ccc([C@@H]2C[C@@H](C(F)(F)F)n3nc(C(=O)N4CCN(C56CC7CC(CC(C7)C5)C6)CC4)cc3N2)cc1OC. The van der Waals surface area contributed by atoms with Crippen molar-refractivity contribution in [3.8, 4) is 11.5 Å². The van der Waals surface area contributed by atoms with Gasteiger partial charge in [-0.15, -0.1) is 0 Å². The number of methoxy groups -OCH3 is 2. The lowest BCUT2D eigenvalue weighted by atomic mass is 9.52. The van der Waals surface area contributed by atoms with E-state index >= 15 is 0 Å². The van der Waals surface area contributed by atoms with Crippen molar-refractivity contribution in [3.63, 3.8) is 0 Å². The molecule has 1 aromatic heterocycles. The zero-order valence-electron chi connectivity index (χ0n) is 23.6. The van der Waals surface area contributed by atoms with Crippen molar-refractivity contribution in [2.24, 2.45) is 17.8 Å². The van der Waals surface area contributed by atoms with Gasteiger partial charge in [0.15, 0.2) is 23.2 Å². The molecular formula is C30H38F3N5O3. The summed E-state index contributed by atoms with van der Waals surface area (Å²) in [5.74, 6) is 3.40. The highest BCUT2D eigenvalue weighted by molar-refractivity contribution is 5.93. The van der Waals surface area contributed by atoms with Crippen molar-refractivity contribution in [1.29, 1.82) is 0 Å². The Kier molecular flexibility index (Phi) is 6.44. The number of carbonyl (C=O) groups excluding carboxylic acids is 1. The number of rotatable bonds is 5. The number of hydrogen-bond donors (Lipinski definition) is 1. The molecule has 4 aliphatic carbocycles. The van der Waals surface area contributed by atoms with Gasteiger partial charge >= 0.3 is 6.18 Å². The van der Waals surface area contributed by atoms with Gasteiger partial charge in [-0.3, -0.25) is 9.69 Å². The lowest BCUT2D eigenvalue weighted by Gasteiger charge is -2.61. The van der Waals surface area contributed by atoms with Crippen LogP contribution in [0.5, 0.6) is 11.5 Å². The van der Waals surface area contributed by atoms with E-state index in [9.17, 15) is 18.0 Å². The van der Waals surface area contributed by atoms with Crippen LogP contribution in [0, 0.1) is 17.8 Å². The molecular weight excluding hydrogens is 535 g/mol. The van der Waals surface area contributed by atoms with Crippen molar-refractivity contribution in [1.82, 2.24) is 19.6 Å². The van der Waals surface area contributed by atoms with Crippen LogP contribution < -0.4 is 14.8 Å². The van der Waals surface area contributed by atoms with Crippen LogP contribution in [0.25, 0.3) is 0 Å². The fraction of sp³-hybridized carbons (Fsp3) is 0.667. The molecule has 222 valence electrons. The second-order valence-corrected chi connectivity index (χ2v) is 12.9. The summed E-state index contributed by atoms with van der Waals surface area (Å²) < 4.78 is 54.4. The van der Waals surface area contributed by atoms with E-state index in [1.807, 2.05) is 0 Å². The van der Waals surface area contributed by atoms with Crippen LogP contribution in [-0.2, 0) is 0 Å². The molecule has 0 unspecified atom stereocenters. The minimum Gasteiger partial charge on any atom is -0.493 e. The zero-order chi connectivity index (χ0) is 28.5. The summed E-state index contributed by atoms with van der Waals surface area (Å²) in [6, 6.07) is 4.07. The molecule has 1 aromatic carbocycles. The first-order valence-corrected chi connectivity index (χ1v) is 14.8. The van der Waals surface area contributed by atoms with E-state index in [0.717, 1.165) is 35.5 Å². The Balaban J connectivity index is 1.08. The molecule has 1 N–H and O–H groups in total. The minimum absolute atomic E-state index is 0.0537. The molecule has 11 heteroatoms. The summed E-state index contributed by atoms with van der Waals surface area (Å²) in [6.07, 6.45) is 3.24. The number of ether oxygens (including phenoxy) is 2.